The van der Waals surface area contributed by atoms with Gasteiger partial charge in [-0.3, -0.25) is 0 Å². The largest absolute Gasteiger partial charge is 0.389 e. The lowest BCUT2D eigenvalue weighted by Gasteiger charge is -2.32. The molecular formula is C16H22N2O. The predicted octanol–water partition coefficient (Wildman–Crippen LogP) is 3.38. The van der Waals surface area contributed by atoms with Crippen LogP contribution in [0, 0.1) is 11.3 Å². The molecule has 1 aliphatic carbocycles. The van der Waals surface area contributed by atoms with Gasteiger partial charge in [-0.15, -0.1) is 0 Å². The second-order valence-electron chi connectivity index (χ2n) is 5.29. The van der Waals surface area contributed by atoms with Crippen LogP contribution in [0.5, 0.6) is 0 Å². The number of anilines is 1. The molecule has 0 heterocycles. The van der Waals surface area contributed by atoms with E-state index in [2.05, 4.69) is 17.9 Å². The van der Waals surface area contributed by atoms with Crippen molar-refractivity contribution < 1.29 is 5.11 Å². The maximum atomic E-state index is 9.95. The van der Waals surface area contributed by atoms with Gasteiger partial charge in [-0.2, -0.15) is 5.26 Å². The number of benzene rings is 1. The molecular weight excluding hydrogens is 236 g/mol. The lowest BCUT2D eigenvalue weighted by molar-refractivity contribution is 0.199. The zero-order valence-electron chi connectivity index (χ0n) is 11.8. The van der Waals surface area contributed by atoms with Gasteiger partial charge in [-0.25, -0.2) is 0 Å². The topological polar surface area (TPSA) is 47.3 Å². The van der Waals surface area contributed by atoms with Gasteiger partial charge in [-0.05, 0) is 38.8 Å². The van der Waals surface area contributed by atoms with Crippen molar-refractivity contribution in [2.75, 3.05) is 11.4 Å². The molecule has 0 radical (unpaired) electrons. The highest BCUT2D eigenvalue weighted by Gasteiger charge is 2.24. The van der Waals surface area contributed by atoms with Crippen LogP contribution in [0.3, 0.4) is 0 Å². The smallest absolute Gasteiger partial charge is 0.0992 e. The zero-order chi connectivity index (χ0) is 13.8. The van der Waals surface area contributed by atoms with Crippen molar-refractivity contribution in [1.29, 1.82) is 5.26 Å². The van der Waals surface area contributed by atoms with Gasteiger partial charge in [0.1, 0.15) is 0 Å². The maximum absolute atomic E-state index is 9.95. The van der Waals surface area contributed by atoms with E-state index in [9.17, 15) is 5.11 Å². The predicted molar refractivity (Wildman–Crippen MR) is 77.1 cm³/mol. The molecule has 3 heteroatoms. The van der Waals surface area contributed by atoms with Crippen LogP contribution in [0.25, 0.3) is 0 Å². The molecule has 0 bridgehead atoms. The Morgan fingerprint density at radius 1 is 1.42 bits per heavy atom. The summed E-state index contributed by atoms with van der Waals surface area (Å²) in [5.74, 6) is 0. The van der Waals surface area contributed by atoms with Gasteiger partial charge < -0.3 is 10.0 Å². The monoisotopic (exact) mass is 258 g/mol. The number of aliphatic hydroxyl groups is 1. The van der Waals surface area contributed by atoms with Crippen LogP contribution in [0.2, 0.25) is 0 Å². The lowest BCUT2D eigenvalue weighted by Crippen LogP contribution is -2.34. The van der Waals surface area contributed by atoms with Crippen LogP contribution in [0.4, 0.5) is 5.69 Å². The Hall–Kier alpha value is -1.53. The van der Waals surface area contributed by atoms with Crippen LogP contribution >= 0.6 is 0 Å². The fourth-order valence-corrected chi connectivity index (χ4v) is 3.06. The molecule has 0 saturated heterocycles. The van der Waals surface area contributed by atoms with Crippen molar-refractivity contribution in [2.45, 2.75) is 51.7 Å². The van der Waals surface area contributed by atoms with E-state index in [1.165, 1.54) is 25.7 Å². The standard InChI is InChI=1S/C16H22N2O/c1-3-18(14-6-4-5-7-14)16-10-13(11-17)8-9-15(16)12(2)19/h8-10,12,14,19H,3-7H2,1-2H3/t12-/m0/s1. The van der Waals surface area contributed by atoms with E-state index in [1.807, 2.05) is 12.1 Å². The zero-order valence-corrected chi connectivity index (χ0v) is 11.8. The van der Waals surface area contributed by atoms with Gasteiger partial charge in [0.25, 0.3) is 0 Å². The highest BCUT2D eigenvalue weighted by atomic mass is 16.3. The number of nitrogens with zero attached hydrogens (tertiary/aromatic N) is 2. The fraction of sp³-hybridized carbons (Fsp3) is 0.562. The van der Waals surface area contributed by atoms with Gasteiger partial charge in [0.05, 0.1) is 17.7 Å². The third-order valence-corrected chi connectivity index (χ3v) is 4.03. The Morgan fingerprint density at radius 2 is 2.11 bits per heavy atom. The second kappa shape index (κ2) is 6.08. The molecule has 0 aliphatic heterocycles. The van der Waals surface area contributed by atoms with Crippen LogP contribution in [0.15, 0.2) is 18.2 Å². The SMILES string of the molecule is CCN(c1cc(C#N)ccc1[C@H](C)O)C1CCCC1. The summed E-state index contributed by atoms with van der Waals surface area (Å²) >= 11 is 0. The minimum absolute atomic E-state index is 0.502. The Kier molecular flexibility index (Phi) is 4.44. The van der Waals surface area contributed by atoms with E-state index in [0.717, 1.165) is 17.8 Å². The molecule has 0 amide bonds. The highest BCUT2D eigenvalue weighted by molar-refractivity contribution is 5.59. The Labute approximate surface area is 115 Å². The second-order valence-corrected chi connectivity index (χ2v) is 5.29. The van der Waals surface area contributed by atoms with Gasteiger partial charge >= 0.3 is 0 Å². The van der Waals surface area contributed by atoms with E-state index in [0.29, 0.717) is 11.6 Å². The van der Waals surface area contributed by atoms with Crippen molar-refractivity contribution in [3.05, 3.63) is 29.3 Å². The summed E-state index contributed by atoms with van der Waals surface area (Å²) in [5, 5.41) is 19.0. The number of nitriles is 1. The first-order valence-electron chi connectivity index (χ1n) is 7.16. The van der Waals surface area contributed by atoms with Crippen LogP contribution in [-0.2, 0) is 0 Å². The quantitative estimate of drug-likeness (QED) is 0.900. The first-order valence-corrected chi connectivity index (χ1v) is 7.16. The summed E-state index contributed by atoms with van der Waals surface area (Å²) in [6.45, 7) is 4.84. The summed E-state index contributed by atoms with van der Waals surface area (Å²) in [6, 6.07) is 8.34. The Bertz CT molecular complexity index is 470. The molecule has 0 unspecified atom stereocenters. The van der Waals surface area contributed by atoms with Crippen molar-refractivity contribution >= 4 is 5.69 Å². The molecule has 102 valence electrons. The van der Waals surface area contributed by atoms with Gasteiger partial charge in [0.2, 0.25) is 0 Å². The molecule has 0 spiro atoms. The van der Waals surface area contributed by atoms with Gasteiger partial charge in [0, 0.05) is 23.8 Å². The van der Waals surface area contributed by atoms with E-state index >= 15 is 0 Å². The molecule has 2 rings (SSSR count). The van der Waals surface area contributed by atoms with Crippen molar-refractivity contribution in [3.63, 3.8) is 0 Å². The van der Waals surface area contributed by atoms with E-state index in [1.54, 1.807) is 13.0 Å². The highest BCUT2D eigenvalue weighted by Crippen LogP contribution is 2.33. The average molecular weight is 258 g/mol. The number of hydrogen-bond donors (Lipinski definition) is 1. The van der Waals surface area contributed by atoms with Crippen molar-refractivity contribution in [2.24, 2.45) is 0 Å². The molecule has 19 heavy (non-hydrogen) atoms. The van der Waals surface area contributed by atoms with Crippen molar-refractivity contribution in [1.82, 2.24) is 0 Å². The first-order chi connectivity index (χ1) is 9.17. The van der Waals surface area contributed by atoms with Gasteiger partial charge in [-0.1, -0.05) is 18.9 Å². The number of rotatable bonds is 4. The number of aliphatic hydroxyl groups excluding tert-OH is 1. The molecule has 3 nitrogen and oxygen atoms in total. The molecule has 1 saturated carbocycles. The minimum Gasteiger partial charge on any atom is -0.389 e. The fourth-order valence-electron chi connectivity index (χ4n) is 3.06. The third-order valence-electron chi connectivity index (χ3n) is 4.03. The summed E-state index contributed by atoms with van der Waals surface area (Å²) in [7, 11) is 0. The van der Waals surface area contributed by atoms with Crippen LogP contribution in [0.1, 0.15) is 56.8 Å². The Morgan fingerprint density at radius 3 is 2.63 bits per heavy atom. The van der Waals surface area contributed by atoms with E-state index in [4.69, 9.17) is 5.26 Å². The molecule has 1 aromatic rings. The molecule has 1 aliphatic rings. The summed E-state index contributed by atoms with van der Waals surface area (Å²) < 4.78 is 0. The molecule has 1 aromatic carbocycles. The molecule has 1 fully saturated rings. The maximum Gasteiger partial charge on any atom is 0.0992 e. The number of hydrogen-bond acceptors (Lipinski definition) is 3. The molecule has 1 N–H and O–H groups in total. The normalized spacial score (nSPS) is 17.2. The van der Waals surface area contributed by atoms with Crippen LogP contribution in [-0.4, -0.2) is 17.7 Å². The summed E-state index contributed by atoms with van der Waals surface area (Å²) in [6.07, 6.45) is 4.48. The first kappa shape index (κ1) is 13.9. The average Bonchev–Trinajstić information content (AvgIpc) is 2.93. The minimum atomic E-state index is -0.502. The Balaban J connectivity index is 2.41. The lowest BCUT2D eigenvalue weighted by atomic mass is 10.0. The van der Waals surface area contributed by atoms with E-state index in [-0.39, 0.29) is 0 Å². The summed E-state index contributed by atoms with van der Waals surface area (Å²) in [4.78, 5) is 2.36. The molecule has 0 aromatic heterocycles. The summed E-state index contributed by atoms with van der Waals surface area (Å²) in [5.41, 5.74) is 2.62. The van der Waals surface area contributed by atoms with Crippen LogP contribution < -0.4 is 4.90 Å². The van der Waals surface area contributed by atoms with E-state index < -0.39 is 6.10 Å². The van der Waals surface area contributed by atoms with Crippen molar-refractivity contribution in [3.8, 4) is 6.07 Å². The van der Waals surface area contributed by atoms with Gasteiger partial charge in [0.15, 0.2) is 0 Å². The third kappa shape index (κ3) is 2.90. The molecule has 1 atom stereocenters.